The highest BCUT2D eigenvalue weighted by Gasteiger charge is 2.33. The lowest BCUT2D eigenvalue weighted by Gasteiger charge is -2.37. The molecule has 1 saturated carbocycles. The highest BCUT2D eigenvalue weighted by atomic mass is 19.1. The Morgan fingerprint density at radius 3 is 2.38 bits per heavy atom. The molecular weight excluding hydrogens is 333 g/mol. The molecule has 2 fully saturated rings. The monoisotopic (exact) mass is 361 g/mol. The van der Waals surface area contributed by atoms with E-state index in [1.54, 1.807) is 12.1 Å². The van der Waals surface area contributed by atoms with Crippen molar-refractivity contribution in [3.63, 3.8) is 0 Å². The maximum absolute atomic E-state index is 12.9. The molecule has 26 heavy (non-hydrogen) atoms. The van der Waals surface area contributed by atoms with Gasteiger partial charge in [-0.2, -0.15) is 0 Å². The molecule has 0 bridgehead atoms. The van der Waals surface area contributed by atoms with Gasteiger partial charge in [0.05, 0.1) is 5.92 Å². The van der Waals surface area contributed by atoms with Crippen molar-refractivity contribution in [1.29, 1.82) is 0 Å². The molecule has 2 amide bonds. The van der Waals surface area contributed by atoms with Crippen LogP contribution in [0, 0.1) is 17.7 Å². The largest absolute Gasteiger partial charge is 0.342 e. The van der Waals surface area contributed by atoms with Crippen molar-refractivity contribution in [2.24, 2.45) is 17.6 Å². The van der Waals surface area contributed by atoms with Gasteiger partial charge in [-0.3, -0.25) is 9.59 Å². The van der Waals surface area contributed by atoms with Gasteiger partial charge in [0.25, 0.3) is 0 Å². The minimum Gasteiger partial charge on any atom is -0.342 e. The first-order chi connectivity index (χ1) is 12.5. The third kappa shape index (κ3) is 4.81. The SMILES string of the molecule is NC1CCCCC1C(=O)N1CCC(CC(=O)Nc2ccc(F)cc2)CC1. The van der Waals surface area contributed by atoms with E-state index in [1.165, 1.54) is 12.1 Å². The molecule has 2 atom stereocenters. The van der Waals surface area contributed by atoms with Crippen molar-refractivity contribution in [3.05, 3.63) is 30.1 Å². The van der Waals surface area contributed by atoms with Crippen LogP contribution in [0.4, 0.5) is 10.1 Å². The number of benzene rings is 1. The maximum Gasteiger partial charge on any atom is 0.227 e. The molecule has 0 spiro atoms. The maximum atomic E-state index is 12.9. The predicted molar refractivity (Wildman–Crippen MR) is 98.9 cm³/mol. The average Bonchev–Trinajstić information content (AvgIpc) is 2.64. The van der Waals surface area contributed by atoms with E-state index >= 15 is 0 Å². The number of hydrogen-bond acceptors (Lipinski definition) is 3. The van der Waals surface area contributed by atoms with E-state index in [2.05, 4.69) is 5.32 Å². The second-order valence-electron chi connectivity index (χ2n) is 7.58. The van der Waals surface area contributed by atoms with Crippen LogP contribution < -0.4 is 11.1 Å². The topological polar surface area (TPSA) is 75.4 Å². The molecule has 6 heteroatoms. The zero-order valence-corrected chi connectivity index (χ0v) is 15.1. The fraction of sp³-hybridized carbons (Fsp3) is 0.600. The van der Waals surface area contributed by atoms with Crippen molar-refractivity contribution in [3.8, 4) is 0 Å². The molecule has 1 aliphatic carbocycles. The molecule has 0 radical (unpaired) electrons. The quantitative estimate of drug-likeness (QED) is 0.866. The minimum absolute atomic E-state index is 0.00420. The lowest BCUT2D eigenvalue weighted by Crippen LogP contribution is -2.48. The molecule has 5 nitrogen and oxygen atoms in total. The summed E-state index contributed by atoms with van der Waals surface area (Å²) in [5, 5.41) is 2.81. The molecule has 1 saturated heterocycles. The Labute approximate surface area is 154 Å². The summed E-state index contributed by atoms with van der Waals surface area (Å²) >= 11 is 0. The van der Waals surface area contributed by atoms with Crippen LogP contribution in [0.5, 0.6) is 0 Å². The van der Waals surface area contributed by atoms with Gasteiger partial charge in [0.2, 0.25) is 11.8 Å². The fourth-order valence-corrected chi connectivity index (χ4v) is 4.07. The van der Waals surface area contributed by atoms with Gasteiger partial charge in [0.15, 0.2) is 0 Å². The Kier molecular flexibility index (Phi) is 6.25. The molecule has 1 heterocycles. The molecule has 3 N–H and O–H groups in total. The van der Waals surface area contributed by atoms with Crippen molar-refractivity contribution < 1.29 is 14.0 Å². The number of amides is 2. The second kappa shape index (κ2) is 8.62. The zero-order valence-electron chi connectivity index (χ0n) is 15.1. The van der Waals surface area contributed by atoms with Crippen LogP contribution in [-0.2, 0) is 9.59 Å². The molecule has 0 aromatic heterocycles. The Bertz CT molecular complexity index is 626. The number of nitrogens with one attached hydrogen (secondary N) is 1. The number of carbonyl (C=O) groups excluding carboxylic acids is 2. The van der Waals surface area contributed by atoms with Crippen LogP contribution in [0.3, 0.4) is 0 Å². The highest BCUT2D eigenvalue weighted by molar-refractivity contribution is 5.90. The van der Waals surface area contributed by atoms with E-state index in [-0.39, 0.29) is 35.5 Å². The average molecular weight is 361 g/mol. The van der Waals surface area contributed by atoms with Gasteiger partial charge < -0.3 is 16.0 Å². The number of nitrogens with zero attached hydrogens (tertiary/aromatic N) is 1. The van der Waals surface area contributed by atoms with Gasteiger partial charge in [-0.15, -0.1) is 0 Å². The van der Waals surface area contributed by atoms with E-state index in [1.807, 2.05) is 4.90 Å². The zero-order chi connectivity index (χ0) is 18.5. The normalized spacial score (nSPS) is 24.3. The highest BCUT2D eigenvalue weighted by Crippen LogP contribution is 2.28. The van der Waals surface area contributed by atoms with E-state index in [0.29, 0.717) is 25.2 Å². The number of nitrogens with two attached hydrogens (primary N) is 1. The summed E-state index contributed by atoms with van der Waals surface area (Å²) < 4.78 is 12.9. The summed E-state index contributed by atoms with van der Waals surface area (Å²) in [5.74, 6) is 0.0708. The number of anilines is 1. The number of piperidine rings is 1. The molecule has 3 rings (SSSR count). The second-order valence-corrected chi connectivity index (χ2v) is 7.58. The van der Waals surface area contributed by atoms with Gasteiger partial charge in [0, 0.05) is 31.2 Å². The van der Waals surface area contributed by atoms with Crippen molar-refractivity contribution >= 4 is 17.5 Å². The summed E-state index contributed by atoms with van der Waals surface area (Å²) in [4.78, 5) is 26.8. The summed E-state index contributed by atoms with van der Waals surface area (Å²) in [6.07, 6.45) is 6.16. The van der Waals surface area contributed by atoms with Gasteiger partial charge in [0.1, 0.15) is 5.82 Å². The first kappa shape index (κ1) is 18.8. The van der Waals surface area contributed by atoms with E-state index in [9.17, 15) is 14.0 Å². The molecule has 1 aromatic rings. The van der Waals surface area contributed by atoms with Crippen LogP contribution >= 0.6 is 0 Å². The minimum atomic E-state index is -0.322. The molecule has 1 aliphatic heterocycles. The smallest absolute Gasteiger partial charge is 0.227 e. The summed E-state index contributed by atoms with van der Waals surface area (Å²) in [6, 6.07) is 5.77. The first-order valence-corrected chi connectivity index (χ1v) is 9.62. The third-order valence-electron chi connectivity index (χ3n) is 5.66. The predicted octanol–water partition coefficient (Wildman–Crippen LogP) is 2.91. The van der Waals surface area contributed by atoms with Crippen LogP contribution in [0.15, 0.2) is 24.3 Å². The van der Waals surface area contributed by atoms with Gasteiger partial charge in [-0.25, -0.2) is 4.39 Å². The number of halogens is 1. The Morgan fingerprint density at radius 1 is 1.08 bits per heavy atom. The van der Waals surface area contributed by atoms with Crippen LogP contribution in [0.2, 0.25) is 0 Å². The summed E-state index contributed by atoms with van der Waals surface area (Å²) in [7, 11) is 0. The van der Waals surface area contributed by atoms with Crippen molar-refractivity contribution in [1.82, 2.24) is 4.90 Å². The van der Waals surface area contributed by atoms with Crippen LogP contribution in [0.1, 0.15) is 44.9 Å². The number of rotatable bonds is 4. The summed E-state index contributed by atoms with van der Waals surface area (Å²) in [5.41, 5.74) is 6.75. The summed E-state index contributed by atoms with van der Waals surface area (Å²) in [6.45, 7) is 1.41. The molecule has 1 aromatic carbocycles. The standard InChI is InChI=1S/C20H28FN3O2/c21-15-5-7-16(8-6-15)23-19(25)13-14-9-11-24(12-10-14)20(26)17-3-1-2-4-18(17)22/h5-8,14,17-18H,1-4,9-13,22H2,(H,23,25). The van der Waals surface area contributed by atoms with E-state index in [0.717, 1.165) is 38.5 Å². The Balaban J connectivity index is 1.43. The lowest BCUT2D eigenvalue weighted by atomic mass is 9.83. The molecule has 2 unspecified atom stereocenters. The number of hydrogen-bond donors (Lipinski definition) is 2. The molecule has 142 valence electrons. The lowest BCUT2D eigenvalue weighted by molar-refractivity contribution is -0.138. The van der Waals surface area contributed by atoms with E-state index in [4.69, 9.17) is 5.73 Å². The van der Waals surface area contributed by atoms with Gasteiger partial charge in [-0.05, 0) is 55.9 Å². The first-order valence-electron chi connectivity index (χ1n) is 9.62. The Morgan fingerprint density at radius 2 is 1.73 bits per heavy atom. The van der Waals surface area contributed by atoms with Crippen molar-refractivity contribution in [2.75, 3.05) is 18.4 Å². The van der Waals surface area contributed by atoms with Crippen molar-refractivity contribution in [2.45, 2.75) is 51.0 Å². The Hall–Kier alpha value is -1.95. The van der Waals surface area contributed by atoms with Crippen LogP contribution in [0.25, 0.3) is 0 Å². The van der Waals surface area contributed by atoms with Gasteiger partial charge in [-0.1, -0.05) is 12.8 Å². The van der Waals surface area contributed by atoms with Gasteiger partial charge >= 0.3 is 0 Å². The third-order valence-corrected chi connectivity index (χ3v) is 5.66. The van der Waals surface area contributed by atoms with Crippen LogP contribution in [-0.4, -0.2) is 35.8 Å². The number of likely N-dealkylation sites (tertiary alicyclic amines) is 1. The fourth-order valence-electron chi connectivity index (χ4n) is 4.07. The molecular formula is C20H28FN3O2. The molecule has 2 aliphatic rings. The van der Waals surface area contributed by atoms with E-state index < -0.39 is 0 Å². The number of carbonyl (C=O) groups is 2.